The van der Waals surface area contributed by atoms with Gasteiger partial charge in [0.2, 0.25) is 0 Å². The molecule has 0 amide bonds. The molecule has 134 valence electrons. The molecule has 5 heteroatoms. The Balaban J connectivity index is 1.84. The third kappa shape index (κ3) is 3.17. The van der Waals surface area contributed by atoms with Crippen molar-refractivity contribution < 1.29 is 0 Å². The molecule has 1 aliphatic rings. The number of benzene rings is 2. The Morgan fingerprint density at radius 3 is 2.62 bits per heavy atom. The van der Waals surface area contributed by atoms with Crippen molar-refractivity contribution in [2.24, 2.45) is 0 Å². The molecule has 0 saturated carbocycles. The zero-order chi connectivity index (χ0) is 18.1. The maximum absolute atomic E-state index is 6.21. The maximum atomic E-state index is 6.21. The number of rotatable bonds is 3. The van der Waals surface area contributed by atoms with E-state index in [1.807, 2.05) is 28.9 Å². The van der Waals surface area contributed by atoms with Crippen molar-refractivity contribution in [2.45, 2.75) is 19.3 Å². The molecule has 2 aromatic carbocycles. The van der Waals surface area contributed by atoms with Crippen molar-refractivity contribution in [1.29, 1.82) is 0 Å². The van der Waals surface area contributed by atoms with Crippen LogP contribution < -0.4 is 10.2 Å². The minimum Gasteiger partial charge on any atom is -0.378 e. The van der Waals surface area contributed by atoms with Crippen molar-refractivity contribution in [3.8, 4) is 16.9 Å². The minimum absolute atomic E-state index is 0.720. The molecule has 0 fully saturated rings. The average Bonchev–Trinajstić information content (AvgIpc) is 2.83. The zero-order valence-corrected chi connectivity index (χ0v) is 15.9. The Morgan fingerprint density at radius 2 is 1.88 bits per heavy atom. The number of hydrogen-bond donors (Lipinski definition) is 1. The van der Waals surface area contributed by atoms with Crippen LogP contribution in [0.2, 0.25) is 5.02 Å². The normalized spacial score (nSPS) is 13.7. The summed E-state index contributed by atoms with van der Waals surface area (Å²) in [7, 11) is 4.11. The lowest BCUT2D eigenvalue weighted by Gasteiger charge is -2.12. The zero-order valence-electron chi connectivity index (χ0n) is 15.2. The van der Waals surface area contributed by atoms with Gasteiger partial charge >= 0.3 is 0 Å². The fourth-order valence-electron chi connectivity index (χ4n) is 3.45. The van der Waals surface area contributed by atoms with Crippen LogP contribution >= 0.6 is 11.6 Å². The van der Waals surface area contributed by atoms with Crippen LogP contribution in [0.5, 0.6) is 0 Å². The summed E-state index contributed by atoms with van der Waals surface area (Å²) in [5.41, 5.74) is 5.67. The van der Waals surface area contributed by atoms with E-state index in [-0.39, 0.29) is 0 Å². The maximum Gasteiger partial charge on any atom is 0.133 e. The predicted octanol–water partition coefficient (Wildman–Crippen LogP) is 5.01. The average molecular weight is 367 g/mol. The van der Waals surface area contributed by atoms with Crippen molar-refractivity contribution in [3.05, 3.63) is 59.1 Å². The lowest BCUT2D eigenvalue weighted by Crippen LogP contribution is -2.08. The molecule has 0 atom stereocenters. The van der Waals surface area contributed by atoms with Crippen LogP contribution in [0.3, 0.4) is 0 Å². The molecule has 0 unspecified atom stereocenters. The standard InChI is InChI=1S/C21H23ClN4/c1-25(2)17-11-9-15(10-12-17)20-19-8-3-4-13-23-21(19)26(24-20)18-7-5-6-16(22)14-18/h5-7,9-12,14,23H,3-4,8,13H2,1-2H3. The molecule has 3 aromatic rings. The summed E-state index contributed by atoms with van der Waals surface area (Å²) in [4.78, 5) is 2.11. The summed E-state index contributed by atoms with van der Waals surface area (Å²) in [6.45, 7) is 0.971. The smallest absolute Gasteiger partial charge is 0.133 e. The Hall–Kier alpha value is -2.46. The van der Waals surface area contributed by atoms with Crippen LogP contribution in [0.25, 0.3) is 16.9 Å². The lowest BCUT2D eigenvalue weighted by atomic mass is 10.0. The number of hydrogen-bond acceptors (Lipinski definition) is 3. The molecule has 4 rings (SSSR count). The topological polar surface area (TPSA) is 33.1 Å². The first-order valence-electron chi connectivity index (χ1n) is 9.03. The second kappa shape index (κ2) is 7.04. The molecule has 4 nitrogen and oxygen atoms in total. The van der Waals surface area contributed by atoms with E-state index in [2.05, 4.69) is 48.6 Å². The van der Waals surface area contributed by atoms with Crippen molar-refractivity contribution in [2.75, 3.05) is 30.9 Å². The Labute approximate surface area is 159 Å². The van der Waals surface area contributed by atoms with E-state index in [1.165, 1.54) is 24.1 Å². The molecule has 26 heavy (non-hydrogen) atoms. The number of nitrogens with zero attached hydrogens (tertiary/aromatic N) is 3. The summed E-state index contributed by atoms with van der Waals surface area (Å²) in [5, 5.41) is 9.27. The van der Waals surface area contributed by atoms with Gasteiger partial charge in [0.15, 0.2) is 0 Å². The van der Waals surface area contributed by atoms with Crippen molar-refractivity contribution in [3.63, 3.8) is 0 Å². The van der Waals surface area contributed by atoms with Gasteiger partial charge in [-0.3, -0.25) is 0 Å². The Bertz CT molecular complexity index is 912. The summed E-state index contributed by atoms with van der Waals surface area (Å²) in [5.74, 6) is 1.09. The van der Waals surface area contributed by atoms with Gasteiger partial charge in [0, 0.05) is 42.5 Å². The fraction of sp³-hybridized carbons (Fsp3) is 0.286. The summed E-state index contributed by atoms with van der Waals surface area (Å²) in [6, 6.07) is 16.5. The number of fused-ring (bicyclic) bond motifs is 1. The third-order valence-electron chi connectivity index (χ3n) is 4.84. The molecule has 1 aliphatic heterocycles. The lowest BCUT2D eigenvalue weighted by molar-refractivity contribution is 0.780. The monoisotopic (exact) mass is 366 g/mol. The van der Waals surface area contributed by atoms with Crippen molar-refractivity contribution >= 4 is 23.1 Å². The van der Waals surface area contributed by atoms with E-state index in [0.717, 1.165) is 40.8 Å². The highest BCUT2D eigenvalue weighted by Gasteiger charge is 2.21. The number of aromatic nitrogens is 2. The molecule has 1 aromatic heterocycles. The fourth-order valence-corrected chi connectivity index (χ4v) is 3.63. The first kappa shape index (κ1) is 17.0. The van der Waals surface area contributed by atoms with Crippen LogP contribution in [0.1, 0.15) is 18.4 Å². The van der Waals surface area contributed by atoms with Gasteiger partial charge in [-0.1, -0.05) is 29.8 Å². The van der Waals surface area contributed by atoms with Crippen LogP contribution in [0.4, 0.5) is 11.5 Å². The second-order valence-electron chi connectivity index (χ2n) is 6.89. The van der Waals surface area contributed by atoms with Gasteiger partial charge in [0.1, 0.15) is 5.82 Å². The molecule has 0 aliphatic carbocycles. The van der Waals surface area contributed by atoms with Gasteiger partial charge < -0.3 is 10.2 Å². The quantitative estimate of drug-likeness (QED) is 0.707. The van der Waals surface area contributed by atoms with Crippen LogP contribution in [0, 0.1) is 0 Å². The highest BCUT2D eigenvalue weighted by atomic mass is 35.5. The van der Waals surface area contributed by atoms with Gasteiger partial charge in [0.05, 0.1) is 11.4 Å². The summed E-state index contributed by atoms with van der Waals surface area (Å²) in [6.07, 6.45) is 3.38. The number of nitrogens with one attached hydrogen (secondary N) is 1. The van der Waals surface area contributed by atoms with E-state index in [4.69, 9.17) is 16.7 Å². The van der Waals surface area contributed by atoms with E-state index in [0.29, 0.717) is 0 Å². The number of halogens is 1. The largest absolute Gasteiger partial charge is 0.378 e. The molecule has 0 radical (unpaired) electrons. The van der Waals surface area contributed by atoms with Gasteiger partial charge in [-0.15, -0.1) is 0 Å². The summed E-state index contributed by atoms with van der Waals surface area (Å²) < 4.78 is 2.00. The van der Waals surface area contributed by atoms with Gasteiger partial charge in [0.25, 0.3) is 0 Å². The predicted molar refractivity (Wildman–Crippen MR) is 110 cm³/mol. The van der Waals surface area contributed by atoms with Crippen LogP contribution in [0.15, 0.2) is 48.5 Å². The molecule has 1 N–H and O–H groups in total. The molecule has 2 heterocycles. The van der Waals surface area contributed by atoms with E-state index >= 15 is 0 Å². The molecular weight excluding hydrogens is 344 g/mol. The molecule has 0 saturated heterocycles. The highest BCUT2D eigenvalue weighted by Crippen LogP contribution is 2.34. The highest BCUT2D eigenvalue weighted by molar-refractivity contribution is 6.30. The Kier molecular flexibility index (Phi) is 4.60. The van der Waals surface area contributed by atoms with Crippen LogP contribution in [-0.4, -0.2) is 30.4 Å². The Morgan fingerprint density at radius 1 is 1.08 bits per heavy atom. The van der Waals surface area contributed by atoms with E-state index in [1.54, 1.807) is 0 Å². The summed E-state index contributed by atoms with van der Waals surface area (Å²) >= 11 is 6.21. The minimum atomic E-state index is 0.720. The van der Waals surface area contributed by atoms with Crippen LogP contribution in [-0.2, 0) is 6.42 Å². The van der Waals surface area contributed by atoms with Gasteiger partial charge in [-0.05, 0) is 49.6 Å². The van der Waals surface area contributed by atoms with E-state index in [9.17, 15) is 0 Å². The first-order chi connectivity index (χ1) is 12.6. The van der Waals surface area contributed by atoms with Gasteiger partial charge in [-0.25, -0.2) is 4.68 Å². The SMILES string of the molecule is CN(C)c1ccc(-c2nn(-c3cccc(Cl)c3)c3c2CCCCN3)cc1. The molecular formula is C21H23ClN4. The number of anilines is 2. The third-order valence-corrected chi connectivity index (χ3v) is 5.07. The molecule has 0 bridgehead atoms. The van der Waals surface area contributed by atoms with E-state index < -0.39 is 0 Å². The molecule has 0 spiro atoms. The van der Waals surface area contributed by atoms with Crippen molar-refractivity contribution in [1.82, 2.24) is 9.78 Å². The first-order valence-corrected chi connectivity index (χ1v) is 9.41. The van der Waals surface area contributed by atoms with Gasteiger partial charge in [-0.2, -0.15) is 5.10 Å². The second-order valence-corrected chi connectivity index (χ2v) is 7.33.